The molecule has 0 spiro atoms. The van der Waals surface area contributed by atoms with Crippen molar-refractivity contribution in [2.24, 2.45) is 0 Å². The molecule has 0 bridgehead atoms. The van der Waals surface area contributed by atoms with Crippen LogP contribution in [0.1, 0.15) is 25.8 Å². The van der Waals surface area contributed by atoms with E-state index in [1.54, 1.807) is 43.3 Å². The molecule has 2 amide bonds. The van der Waals surface area contributed by atoms with Gasteiger partial charge in [-0.15, -0.1) is 0 Å². The lowest BCUT2D eigenvalue weighted by molar-refractivity contribution is 0.262. The van der Waals surface area contributed by atoms with Gasteiger partial charge in [-0.1, -0.05) is 0 Å². The third kappa shape index (κ3) is 4.56. The predicted molar refractivity (Wildman–Crippen MR) is 112 cm³/mol. The lowest BCUT2D eigenvalue weighted by atomic mass is 10.0. The molecule has 1 aliphatic heterocycles. The van der Waals surface area contributed by atoms with Crippen LogP contribution in [0.2, 0.25) is 0 Å². The SMILES string of the molecule is CCOc1ccc(NC(=O)Nc2ccc3c(c2)CCCN3S(=O)(=O)CC)cc1. The van der Waals surface area contributed by atoms with Crippen LogP contribution in [-0.4, -0.2) is 33.4 Å². The Balaban J connectivity index is 1.69. The van der Waals surface area contributed by atoms with E-state index in [4.69, 9.17) is 4.74 Å². The smallest absolute Gasteiger partial charge is 0.323 e. The number of aryl methyl sites for hydroxylation is 1. The molecule has 0 unspecified atom stereocenters. The number of anilines is 3. The fraction of sp³-hybridized carbons (Fsp3) is 0.350. The van der Waals surface area contributed by atoms with Crippen LogP contribution in [0.25, 0.3) is 0 Å². The maximum atomic E-state index is 12.3. The Hall–Kier alpha value is -2.74. The monoisotopic (exact) mass is 403 g/mol. The van der Waals surface area contributed by atoms with Gasteiger partial charge in [0.1, 0.15) is 5.75 Å². The summed E-state index contributed by atoms with van der Waals surface area (Å²) in [4.78, 5) is 12.3. The number of fused-ring (bicyclic) bond motifs is 1. The van der Waals surface area contributed by atoms with Crippen molar-refractivity contribution in [3.8, 4) is 5.75 Å². The van der Waals surface area contributed by atoms with Gasteiger partial charge >= 0.3 is 6.03 Å². The van der Waals surface area contributed by atoms with Gasteiger partial charge in [-0.3, -0.25) is 4.31 Å². The summed E-state index contributed by atoms with van der Waals surface area (Å²) in [6, 6.07) is 12.1. The summed E-state index contributed by atoms with van der Waals surface area (Å²) in [5, 5.41) is 5.57. The van der Waals surface area contributed by atoms with Gasteiger partial charge in [-0.2, -0.15) is 0 Å². The number of amides is 2. The van der Waals surface area contributed by atoms with E-state index in [-0.39, 0.29) is 11.8 Å². The minimum Gasteiger partial charge on any atom is -0.494 e. The lowest BCUT2D eigenvalue weighted by Gasteiger charge is -2.30. The third-order valence-corrected chi connectivity index (χ3v) is 6.32. The molecule has 0 saturated carbocycles. The number of carbonyl (C=O) groups is 1. The number of carbonyl (C=O) groups excluding carboxylic acids is 1. The van der Waals surface area contributed by atoms with Crippen molar-refractivity contribution < 1.29 is 17.9 Å². The van der Waals surface area contributed by atoms with E-state index < -0.39 is 10.0 Å². The molecule has 0 radical (unpaired) electrons. The Morgan fingerprint density at radius 2 is 1.75 bits per heavy atom. The quantitative estimate of drug-likeness (QED) is 0.767. The predicted octanol–water partition coefficient (Wildman–Crippen LogP) is 3.83. The number of hydrogen-bond acceptors (Lipinski definition) is 4. The highest BCUT2D eigenvalue weighted by Crippen LogP contribution is 2.31. The van der Waals surface area contributed by atoms with E-state index >= 15 is 0 Å². The zero-order chi connectivity index (χ0) is 20.1. The minimum absolute atomic E-state index is 0.0664. The van der Waals surface area contributed by atoms with Crippen molar-refractivity contribution in [2.75, 3.05) is 33.8 Å². The van der Waals surface area contributed by atoms with Crippen LogP contribution >= 0.6 is 0 Å². The zero-order valence-electron chi connectivity index (χ0n) is 16.1. The normalized spacial score (nSPS) is 13.6. The van der Waals surface area contributed by atoms with Gasteiger partial charge in [0.05, 0.1) is 18.0 Å². The summed E-state index contributed by atoms with van der Waals surface area (Å²) in [7, 11) is -3.30. The molecule has 150 valence electrons. The van der Waals surface area contributed by atoms with E-state index in [1.165, 1.54) is 4.31 Å². The molecule has 0 saturated heterocycles. The first-order valence-electron chi connectivity index (χ1n) is 9.37. The molecule has 3 rings (SSSR count). The number of hydrogen-bond donors (Lipinski definition) is 2. The zero-order valence-corrected chi connectivity index (χ0v) is 16.9. The molecule has 0 aliphatic carbocycles. The van der Waals surface area contributed by atoms with Crippen molar-refractivity contribution in [3.63, 3.8) is 0 Å². The van der Waals surface area contributed by atoms with Crippen LogP contribution in [0.4, 0.5) is 21.9 Å². The molecular formula is C20H25N3O4S. The Bertz CT molecular complexity index is 942. The molecule has 0 aromatic heterocycles. The van der Waals surface area contributed by atoms with Crippen molar-refractivity contribution in [3.05, 3.63) is 48.0 Å². The Morgan fingerprint density at radius 3 is 2.43 bits per heavy atom. The third-order valence-electron chi connectivity index (χ3n) is 4.54. The Labute approximate surface area is 165 Å². The fourth-order valence-electron chi connectivity index (χ4n) is 3.18. The standard InChI is InChI=1S/C20H25N3O4S/c1-3-27-18-10-7-16(8-11-18)21-20(24)22-17-9-12-19-15(14-17)6-5-13-23(19)28(25,26)4-2/h7-12,14H,3-6,13H2,1-2H3,(H2,21,22,24). The van der Waals surface area contributed by atoms with Crippen LogP contribution < -0.4 is 19.7 Å². The highest BCUT2D eigenvalue weighted by molar-refractivity contribution is 7.92. The first-order chi connectivity index (χ1) is 13.4. The molecule has 2 N–H and O–H groups in total. The van der Waals surface area contributed by atoms with Gasteiger partial charge in [0.15, 0.2) is 0 Å². The second-order valence-corrected chi connectivity index (χ2v) is 8.64. The largest absolute Gasteiger partial charge is 0.494 e. The molecule has 1 aliphatic rings. The van der Waals surface area contributed by atoms with Crippen LogP contribution in [-0.2, 0) is 16.4 Å². The first kappa shape index (κ1) is 20.0. The van der Waals surface area contributed by atoms with E-state index in [0.29, 0.717) is 30.2 Å². The second-order valence-electron chi connectivity index (χ2n) is 6.46. The molecule has 1 heterocycles. The van der Waals surface area contributed by atoms with Gasteiger partial charge in [0, 0.05) is 17.9 Å². The summed E-state index contributed by atoms with van der Waals surface area (Å²) in [5.41, 5.74) is 2.89. The van der Waals surface area contributed by atoms with Crippen LogP contribution in [0.5, 0.6) is 5.75 Å². The molecule has 2 aromatic carbocycles. The average molecular weight is 404 g/mol. The molecule has 0 atom stereocenters. The Kier molecular flexibility index (Phi) is 6.08. The lowest BCUT2D eigenvalue weighted by Crippen LogP contribution is -2.36. The summed E-state index contributed by atoms with van der Waals surface area (Å²) < 4.78 is 31.4. The maximum absolute atomic E-state index is 12.3. The minimum atomic E-state index is -3.30. The van der Waals surface area contributed by atoms with Crippen molar-refractivity contribution >= 4 is 33.1 Å². The van der Waals surface area contributed by atoms with Crippen molar-refractivity contribution in [1.29, 1.82) is 0 Å². The summed E-state index contributed by atoms with van der Waals surface area (Å²) in [5.74, 6) is 0.812. The first-order valence-corrected chi connectivity index (χ1v) is 11.0. The van der Waals surface area contributed by atoms with Gasteiger partial charge < -0.3 is 15.4 Å². The number of benzene rings is 2. The van der Waals surface area contributed by atoms with Gasteiger partial charge in [-0.25, -0.2) is 13.2 Å². The average Bonchev–Trinajstić information content (AvgIpc) is 2.69. The Morgan fingerprint density at radius 1 is 1.07 bits per heavy atom. The molecule has 7 nitrogen and oxygen atoms in total. The summed E-state index contributed by atoms with van der Waals surface area (Å²) in [6.07, 6.45) is 1.54. The summed E-state index contributed by atoms with van der Waals surface area (Å²) in [6.45, 7) is 4.64. The number of ether oxygens (including phenoxy) is 1. The summed E-state index contributed by atoms with van der Waals surface area (Å²) >= 11 is 0. The highest BCUT2D eigenvalue weighted by atomic mass is 32.2. The highest BCUT2D eigenvalue weighted by Gasteiger charge is 2.26. The van der Waals surface area contributed by atoms with Crippen LogP contribution in [0.3, 0.4) is 0 Å². The number of nitrogens with zero attached hydrogens (tertiary/aromatic N) is 1. The fourth-order valence-corrected chi connectivity index (χ4v) is 4.38. The number of sulfonamides is 1. The molecular weight excluding hydrogens is 378 g/mol. The topological polar surface area (TPSA) is 87.7 Å². The maximum Gasteiger partial charge on any atom is 0.323 e. The van der Waals surface area contributed by atoms with Gasteiger partial charge in [0.2, 0.25) is 10.0 Å². The van der Waals surface area contributed by atoms with Gasteiger partial charge in [-0.05, 0) is 74.7 Å². The van der Waals surface area contributed by atoms with E-state index in [0.717, 1.165) is 24.2 Å². The van der Waals surface area contributed by atoms with Gasteiger partial charge in [0.25, 0.3) is 0 Å². The molecule has 0 fully saturated rings. The molecule has 28 heavy (non-hydrogen) atoms. The van der Waals surface area contributed by atoms with Crippen LogP contribution in [0.15, 0.2) is 42.5 Å². The van der Waals surface area contributed by atoms with E-state index in [2.05, 4.69) is 10.6 Å². The van der Waals surface area contributed by atoms with E-state index in [1.807, 2.05) is 13.0 Å². The van der Waals surface area contributed by atoms with Crippen molar-refractivity contribution in [1.82, 2.24) is 0 Å². The van der Waals surface area contributed by atoms with Crippen molar-refractivity contribution in [2.45, 2.75) is 26.7 Å². The number of urea groups is 1. The molecule has 8 heteroatoms. The second kappa shape index (κ2) is 8.52. The molecule has 2 aromatic rings. The number of nitrogens with one attached hydrogen (secondary N) is 2. The van der Waals surface area contributed by atoms with Crippen LogP contribution in [0, 0.1) is 0 Å². The van der Waals surface area contributed by atoms with E-state index in [9.17, 15) is 13.2 Å². The number of rotatable bonds is 6.